The van der Waals surface area contributed by atoms with Gasteiger partial charge in [0.25, 0.3) is 0 Å². The van der Waals surface area contributed by atoms with Crippen molar-refractivity contribution in [1.29, 1.82) is 0 Å². The van der Waals surface area contributed by atoms with Gasteiger partial charge in [0.05, 0.1) is 11.9 Å². The number of alkyl halides is 3. The van der Waals surface area contributed by atoms with E-state index in [0.717, 1.165) is 10.3 Å². The summed E-state index contributed by atoms with van der Waals surface area (Å²) in [6, 6.07) is 0. The highest BCUT2D eigenvalue weighted by atomic mass is 127. The third-order valence-electron chi connectivity index (χ3n) is 1.35. The molecule has 0 spiro atoms. The largest absolute Gasteiger partial charge is 0.467 e. The van der Waals surface area contributed by atoms with Crippen molar-refractivity contribution in [3.8, 4) is 0 Å². The second-order valence-electron chi connectivity index (χ2n) is 2.70. The molecule has 0 heterocycles. The first kappa shape index (κ1) is 16.1. The summed E-state index contributed by atoms with van der Waals surface area (Å²) in [5, 5.41) is 0. The Balaban J connectivity index is 4.62. The van der Waals surface area contributed by atoms with Crippen LogP contribution in [0.5, 0.6) is 0 Å². The van der Waals surface area contributed by atoms with Gasteiger partial charge in [-0.1, -0.05) is 0 Å². The Bertz CT molecular complexity index is 360. The Morgan fingerprint density at radius 2 is 2.06 bits per heavy atom. The SMILES string of the molecule is C=N\C(=C/N=C(C)\C(F)=C\I)OCC(F)(F)F. The summed E-state index contributed by atoms with van der Waals surface area (Å²) in [6.07, 6.45) is -3.61. The fourth-order valence-corrected chi connectivity index (χ4v) is 1.02. The fraction of sp³-hybridized carbons (Fsp3) is 0.333. The lowest BCUT2D eigenvalue weighted by molar-refractivity contribution is -0.164. The van der Waals surface area contributed by atoms with Crippen LogP contribution in [0.15, 0.2) is 32.0 Å². The summed E-state index contributed by atoms with van der Waals surface area (Å²) in [6.45, 7) is 2.86. The second kappa shape index (κ2) is 7.41. The molecule has 96 valence electrons. The predicted octanol–water partition coefficient (Wildman–Crippen LogP) is 3.77. The van der Waals surface area contributed by atoms with E-state index in [-0.39, 0.29) is 5.71 Å². The summed E-state index contributed by atoms with van der Waals surface area (Å²) < 4.78 is 53.7. The molecule has 0 saturated carbocycles. The van der Waals surface area contributed by atoms with E-state index < -0.39 is 24.5 Å². The van der Waals surface area contributed by atoms with E-state index in [9.17, 15) is 17.6 Å². The van der Waals surface area contributed by atoms with Crippen molar-refractivity contribution in [3.63, 3.8) is 0 Å². The molecular weight excluding hydrogens is 355 g/mol. The van der Waals surface area contributed by atoms with E-state index in [1.807, 2.05) is 0 Å². The summed E-state index contributed by atoms with van der Waals surface area (Å²) in [5.74, 6) is -1.02. The van der Waals surface area contributed by atoms with Gasteiger partial charge in [-0.05, 0) is 36.2 Å². The minimum atomic E-state index is -4.48. The Morgan fingerprint density at radius 3 is 2.47 bits per heavy atom. The minimum absolute atomic E-state index is 0.00356. The molecule has 0 bridgehead atoms. The van der Waals surface area contributed by atoms with Crippen LogP contribution >= 0.6 is 22.6 Å². The molecule has 0 aliphatic rings. The molecule has 0 aromatic carbocycles. The average molecular weight is 364 g/mol. The topological polar surface area (TPSA) is 34.0 Å². The van der Waals surface area contributed by atoms with Crippen LogP contribution in [0.25, 0.3) is 0 Å². The van der Waals surface area contributed by atoms with Crippen LogP contribution < -0.4 is 0 Å². The third kappa shape index (κ3) is 7.88. The standard InChI is InChI=1S/C9H9F4IN2O/c1-6(7(10)3-14)16-4-8(15-2)17-5-9(11,12)13/h3-4H,2,5H2,1H3/b7-3-,8-4+,16-6-. The number of nitrogens with zero attached hydrogens (tertiary/aromatic N) is 2. The number of allylic oxidation sites excluding steroid dienone is 1. The molecule has 3 nitrogen and oxygen atoms in total. The Morgan fingerprint density at radius 1 is 1.47 bits per heavy atom. The summed E-state index contributed by atoms with van der Waals surface area (Å²) >= 11 is 1.67. The van der Waals surface area contributed by atoms with Crippen molar-refractivity contribution in [1.82, 2.24) is 0 Å². The summed E-state index contributed by atoms with van der Waals surface area (Å²) in [5.41, 5.74) is -0.00356. The Labute approximate surface area is 109 Å². The quantitative estimate of drug-likeness (QED) is 0.317. The van der Waals surface area contributed by atoms with Gasteiger partial charge in [-0.2, -0.15) is 13.2 Å². The number of hydrogen-bond donors (Lipinski definition) is 0. The third-order valence-corrected chi connectivity index (χ3v) is 1.90. The first-order chi connectivity index (χ1) is 7.80. The van der Waals surface area contributed by atoms with Crippen LogP contribution in [0, 0.1) is 0 Å². The first-order valence-corrected chi connectivity index (χ1v) is 5.42. The van der Waals surface area contributed by atoms with Gasteiger partial charge in [-0.15, -0.1) is 0 Å². The average Bonchev–Trinajstić information content (AvgIpc) is 2.26. The van der Waals surface area contributed by atoms with Crippen molar-refractivity contribution < 1.29 is 22.3 Å². The molecule has 0 atom stereocenters. The van der Waals surface area contributed by atoms with Crippen molar-refractivity contribution in [2.75, 3.05) is 6.61 Å². The molecular formula is C9H9F4IN2O. The lowest BCUT2D eigenvalue weighted by atomic mass is 10.4. The Kier molecular flexibility index (Phi) is 7.00. The van der Waals surface area contributed by atoms with Crippen molar-refractivity contribution in [2.24, 2.45) is 9.98 Å². The predicted molar refractivity (Wildman–Crippen MR) is 66.0 cm³/mol. The van der Waals surface area contributed by atoms with Gasteiger partial charge in [0.2, 0.25) is 5.88 Å². The second-order valence-corrected chi connectivity index (χ2v) is 3.32. The van der Waals surface area contributed by atoms with Crippen LogP contribution in [0.3, 0.4) is 0 Å². The molecule has 0 aliphatic carbocycles. The molecule has 0 aliphatic heterocycles. The lowest BCUT2D eigenvalue weighted by Crippen LogP contribution is -2.16. The maximum absolute atomic E-state index is 12.9. The van der Waals surface area contributed by atoms with Gasteiger partial charge in [-0.3, -0.25) is 4.99 Å². The van der Waals surface area contributed by atoms with Crippen molar-refractivity contribution in [3.05, 3.63) is 22.0 Å². The molecule has 0 N–H and O–H groups in total. The molecule has 0 radical (unpaired) electrons. The van der Waals surface area contributed by atoms with E-state index in [2.05, 4.69) is 21.4 Å². The number of rotatable bonds is 5. The lowest BCUT2D eigenvalue weighted by Gasteiger charge is -2.07. The molecule has 0 amide bonds. The number of aliphatic imine (C=N–C) groups is 2. The van der Waals surface area contributed by atoms with E-state index in [0.29, 0.717) is 0 Å². The maximum Gasteiger partial charge on any atom is 0.422 e. The van der Waals surface area contributed by atoms with Gasteiger partial charge in [0, 0.05) is 4.08 Å². The molecule has 0 unspecified atom stereocenters. The highest BCUT2D eigenvalue weighted by Gasteiger charge is 2.28. The number of ether oxygens (including phenoxy) is 1. The fourth-order valence-electron chi connectivity index (χ4n) is 0.572. The zero-order valence-electron chi connectivity index (χ0n) is 8.76. The zero-order chi connectivity index (χ0) is 13.5. The van der Waals surface area contributed by atoms with Crippen LogP contribution in [0.4, 0.5) is 17.6 Å². The summed E-state index contributed by atoms with van der Waals surface area (Å²) in [4.78, 5) is 6.73. The van der Waals surface area contributed by atoms with E-state index >= 15 is 0 Å². The van der Waals surface area contributed by atoms with Gasteiger partial charge >= 0.3 is 6.18 Å². The van der Waals surface area contributed by atoms with E-state index in [1.54, 1.807) is 22.6 Å². The molecule has 8 heteroatoms. The van der Waals surface area contributed by atoms with Crippen LogP contribution in [-0.4, -0.2) is 25.2 Å². The van der Waals surface area contributed by atoms with Crippen LogP contribution in [-0.2, 0) is 4.74 Å². The van der Waals surface area contributed by atoms with E-state index in [1.165, 1.54) is 6.92 Å². The van der Waals surface area contributed by atoms with Crippen molar-refractivity contribution in [2.45, 2.75) is 13.1 Å². The monoisotopic (exact) mass is 364 g/mol. The molecule has 0 aromatic rings. The van der Waals surface area contributed by atoms with Gasteiger partial charge in [0.15, 0.2) is 6.61 Å². The Hall–Kier alpha value is -0.930. The minimum Gasteiger partial charge on any atom is -0.467 e. The van der Waals surface area contributed by atoms with Crippen molar-refractivity contribution >= 4 is 35.0 Å². The van der Waals surface area contributed by atoms with Gasteiger partial charge < -0.3 is 4.74 Å². The van der Waals surface area contributed by atoms with E-state index in [4.69, 9.17) is 0 Å². The van der Waals surface area contributed by atoms with Crippen LogP contribution in [0.2, 0.25) is 0 Å². The zero-order valence-corrected chi connectivity index (χ0v) is 10.9. The molecule has 0 fully saturated rings. The van der Waals surface area contributed by atoms with Crippen LogP contribution in [0.1, 0.15) is 6.92 Å². The molecule has 0 aromatic heterocycles. The first-order valence-electron chi connectivity index (χ1n) is 4.17. The van der Waals surface area contributed by atoms with Gasteiger partial charge in [-0.25, -0.2) is 9.38 Å². The molecule has 0 rings (SSSR count). The molecule has 0 saturated heterocycles. The highest BCUT2D eigenvalue weighted by Crippen LogP contribution is 2.16. The number of hydrogen-bond acceptors (Lipinski definition) is 3. The highest BCUT2D eigenvalue weighted by molar-refractivity contribution is 14.1. The summed E-state index contributed by atoms with van der Waals surface area (Å²) in [7, 11) is 0. The number of halogens is 5. The maximum atomic E-state index is 12.9. The smallest absolute Gasteiger partial charge is 0.422 e. The van der Waals surface area contributed by atoms with Gasteiger partial charge in [0.1, 0.15) is 5.83 Å². The normalized spacial score (nSPS) is 14.8. The molecule has 17 heavy (non-hydrogen) atoms.